The van der Waals surface area contributed by atoms with Gasteiger partial charge in [-0.1, -0.05) is 18.2 Å². The van der Waals surface area contributed by atoms with Crippen molar-refractivity contribution in [1.29, 1.82) is 0 Å². The number of nitrogens with two attached hydrogens (primary N) is 1. The van der Waals surface area contributed by atoms with Crippen molar-refractivity contribution in [3.05, 3.63) is 94.8 Å². The number of carbonyl (C=O) groups excluding carboxylic acids is 1. The Balaban J connectivity index is 1.45. The fourth-order valence-corrected chi connectivity index (χ4v) is 4.46. The van der Waals surface area contributed by atoms with Crippen LogP contribution >= 0.6 is 0 Å². The van der Waals surface area contributed by atoms with Crippen molar-refractivity contribution in [3.8, 4) is 5.75 Å². The second-order valence-corrected chi connectivity index (χ2v) is 9.32. The van der Waals surface area contributed by atoms with E-state index in [0.717, 1.165) is 28.9 Å². The molecule has 0 fully saturated rings. The van der Waals surface area contributed by atoms with Crippen molar-refractivity contribution in [2.75, 3.05) is 18.0 Å². The lowest BCUT2D eigenvalue weighted by molar-refractivity contribution is 0.0734. The first-order chi connectivity index (χ1) is 16.2. The van der Waals surface area contributed by atoms with Gasteiger partial charge in [-0.2, -0.15) is 13.6 Å². The first-order valence-corrected chi connectivity index (χ1v) is 12.4. The molecule has 1 amide bonds. The minimum atomic E-state index is -4.11. The maximum absolute atomic E-state index is 13.2. The van der Waals surface area contributed by atoms with E-state index in [9.17, 15) is 17.6 Å². The van der Waals surface area contributed by atoms with E-state index in [4.69, 9.17) is 9.32 Å². The summed E-state index contributed by atoms with van der Waals surface area (Å²) in [4.78, 5) is 17.0. The summed E-state index contributed by atoms with van der Waals surface area (Å²) in [6, 6.07) is 18.8. The number of halogens is 1. The van der Waals surface area contributed by atoms with E-state index in [1.807, 2.05) is 19.1 Å². The number of anilines is 1. The lowest BCUT2D eigenvalue weighted by Gasteiger charge is -2.29. The van der Waals surface area contributed by atoms with E-state index < -0.39 is 10.3 Å². The zero-order valence-electron chi connectivity index (χ0n) is 18.8. The van der Waals surface area contributed by atoms with Crippen LogP contribution in [-0.4, -0.2) is 32.3 Å². The van der Waals surface area contributed by atoms with Gasteiger partial charge in [0.25, 0.3) is 5.91 Å². The molecule has 7 nitrogen and oxygen atoms in total. The molecule has 1 heterocycles. The standard InChI is InChI=1S/C25H26FN3O4S/c1-2-28(16-18-3-8-22(26)9-4-18)23-10-5-20(6-11-23)25(30)29-14-13-19-7-12-24(15-21(19)17-29)33-34(27,31)32/h3-12,15H,2,13-14,16-17H2,1H3,(H2,27,31,32). The SMILES string of the molecule is CCN(Cc1ccc(F)cc1)c1ccc(C(=O)N2CCc3ccc(OS(N)(=O)=O)cc3C2)cc1. The molecule has 0 radical (unpaired) electrons. The molecule has 2 N–H and O–H groups in total. The van der Waals surface area contributed by atoms with Gasteiger partial charge in [-0.15, -0.1) is 0 Å². The molecule has 3 aromatic carbocycles. The molecule has 1 aliphatic heterocycles. The maximum Gasteiger partial charge on any atom is 0.380 e. The van der Waals surface area contributed by atoms with Gasteiger partial charge in [-0.3, -0.25) is 4.79 Å². The van der Waals surface area contributed by atoms with E-state index >= 15 is 0 Å². The predicted octanol–water partition coefficient (Wildman–Crippen LogP) is 3.63. The molecule has 0 saturated heterocycles. The van der Waals surface area contributed by atoms with E-state index in [0.29, 0.717) is 31.6 Å². The third-order valence-electron chi connectivity index (χ3n) is 5.84. The fourth-order valence-electron chi connectivity index (χ4n) is 4.09. The molecule has 0 aromatic heterocycles. The van der Waals surface area contributed by atoms with Gasteiger partial charge in [0.1, 0.15) is 11.6 Å². The first kappa shape index (κ1) is 23.7. The van der Waals surface area contributed by atoms with Crippen LogP contribution in [0.5, 0.6) is 5.75 Å². The minimum Gasteiger partial charge on any atom is -0.371 e. The number of amides is 1. The summed E-state index contributed by atoms with van der Waals surface area (Å²) in [6.45, 7) is 4.35. The summed E-state index contributed by atoms with van der Waals surface area (Å²) in [6.07, 6.45) is 0.663. The maximum atomic E-state index is 13.2. The van der Waals surface area contributed by atoms with Gasteiger partial charge in [-0.25, -0.2) is 4.39 Å². The summed E-state index contributed by atoms with van der Waals surface area (Å²) in [5, 5.41) is 4.95. The van der Waals surface area contributed by atoms with Gasteiger partial charge < -0.3 is 14.0 Å². The van der Waals surface area contributed by atoms with E-state index in [1.165, 1.54) is 12.1 Å². The van der Waals surface area contributed by atoms with Gasteiger partial charge in [0, 0.05) is 37.4 Å². The molecule has 0 saturated carbocycles. The third kappa shape index (κ3) is 5.73. The molecule has 1 aliphatic rings. The largest absolute Gasteiger partial charge is 0.380 e. The van der Waals surface area contributed by atoms with Crippen LogP contribution in [0.4, 0.5) is 10.1 Å². The van der Waals surface area contributed by atoms with Crippen LogP contribution in [-0.2, 0) is 29.8 Å². The molecule has 3 aromatic rings. The zero-order valence-corrected chi connectivity index (χ0v) is 19.6. The van der Waals surface area contributed by atoms with Crippen LogP contribution in [0.2, 0.25) is 0 Å². The van der Waals surface area contributed by atoms with Crippen LogP contribution in [0, 0.1) is 5.82 Å². The van der Waals surface area contributed by atoms with E-state index in [2.05, 4.69) is 4.90 Å². The zero-order chi connectivity index (χ0) is 24.3. The molecule has 9 heteroatoms. The molecule has 4 rings (SSSR count). The summed E-state index contributed by atoms with van der Waals surface area (Å²) in [5.41, 5.74) is 4.41. The number of benzene rings is 3. The van der Waals surface area contributed by atoms with Crippen LogP contribution in [0.3, 0.4) is 0 Å². The Labute approximate surface area is 198 Å². The van der Waals surface area contributed by atoms with Crippen molar-refractivity contribution in [3.63, 3.8) is 0 Å². The van der Waals surface area contributed by atoms with Gasteiger partial charge in [0.15, 0.2) is 0 Å². The lowest BCUT2D eigenvalue weighted by Crippen LogP contribution is -2.36. The van der Waals surface area contributed by atoms with E-state index in [1.54, 1.807) is 47.4 Å². The monoisotopic (exact) mass is 483 g/mol. The average molecular weight is 484 g/mol. The van der Waals surface area contributed by atoms with Crippen LogP contribution < -0.4 is 14.2 Å². The number of hydrogen-bond donors (Lipinski definition) is 1. The first-order valence-electron chi connectivity index (χ1n) is 10.9. The Bertz CT molecular complexity index is 1280. The second-order valence-electron chi connectivity index (χ2n) is 8.17. The normalized spacial score (nSPS) is 13.3. The number of hydrogen-bond acceptors (Lipinski definition) is 5. The van der Waals surface area contributed by atoms with Crippen molar-refractivity contribution in [1.82, 2.24) is 4.90 Å². The molecule has 0 spiro atoms. The fraction of sp³-hybridized carbons (Fsp3) is 0.240. The van der Waals surface area contributed by atoms with Crippen molar-refractivity contribution in [2.45, 2.75) is 26.4 Å². The van der Waals surface area contributed by atoms with Gasteiger partial charge >= 0.3 is 10.3 Å². The van der Waals surface area contributed by atoms with Crippen molar-refractivity contribution < 1.29 is 21.8 Å². The number of carbonyl (C=O) groups is 1. The summed E-state index contributed by atoms with van der Waals surface area (Å²) < 4.78 is 40.4. The molecule has 34 heavy (non-hydrogen) atoms. The van der Waals surface area contributed by atoms with Gasteiger partial charge in [0.2, 0.25) is 0 Å². The summed E-state index contributed by atoms with van der Waals surface area (Å²) in [7, 11) is -4.11. The van der Waals surface area contributed by atoms with Crippen LogP contribution in [0.15, 0.2) is 66.7 Å². The Morgan fingerprint density at radius 2 is 1.76 bits per heavy atom. The highest BCUT2D eigenvalue weighted by molar-refractivity contribution is 7.84. The Morgan fingerprint density at radius 3 is 2.41 bits per heavy atom. The summed E-state index contributed by atoms with van der Waals surface area (Å²) >= 11 is 0. The third-order valence-corrected chi connectivity index (χ3v) is 6.26. The molecule has 178 valence electrons. The van der Waals surface area contributed by atoms with Crippen molar-refractivity contribution in [2.24, 2.45) is 5.14 Å². The Kier molecular flexibility index (Phi) is 6.85. The van der Waals surface area contributed by atoms with Gasteiger partial charge in [0.05, 0.1) is 0 Å². The molecule has 0 aliphatic carbocycles. The molecule has 0 atom stereocenters. The molecular weight excluding hydrogens is 457 g/mol. The molecule has 0 bridgehead atoms. The average Bonchev–Trinajstić information content (AvgIpc) is 2.82. The second kappa shape index (κ2) is 9.82. The lowest BCUT2D eigenvalue weighted by atomic mass is 9.99. The quantitative estimate of drug-likeness (QED) is 0.554. The van der Waals surface area contributed by atoms with Crippen molar-refractivity contribution >= 4 is 21.9 Å². The highest BCUT2D eigenvalue weighted by Gasteiger charge is 2.23. The van der Waals surface area contributed by atoms with Gasteiger partial charge in [-0.05, 0) is 78.6 Å². The highest BCUT2D eigenvalue weighted by Crippen LogP contribution is 2.26. The summed E-state index contributed by atoms with van der Waals surface area (Å²) in [5.74, 6) is -0.236. The van der Waals surface area contributed by atoms with Crippen LogP contribution in [0.25, 0.3) is 0 Å². The number of nitrogens with zero attached hydrogens (tertiary/aromatic N) is 2. The minimum absolute atomic E-state index is 0.100. The highest BCUT2D eigenvalue weighted by atomic mass is 32.2. The Morgan fingerprint density at radius 1 is 1.06 bits per heavy atom. The van der Waals surface area contributed by atoms with Crippen LogP contribution in [0.1, 0.15) is 34.0 Å². The topological polar surface area (TPSA) is 92.9 Å². The molecule has 0 unspecified atom stereocenters. The number of fused-ring (bicyclic) bond motifs is 1. The Hall–Kier alpha value is -3.43. The van der Waals surface area contributed by atoms with E-state index in [-0.39, 0.29) is 17.5 Å². The number of rotatable bonds is 7. The smallest absolute Gasteiger partial charge is 0.371 e. The predicted molar refractivity (Wildman–Crippen MR) is 128 cm³/mol. The molecular formula is C25H26FN3O4S.